The maximum absolute atomic E-state index is 11.7. The normalized spacial score (nSPS) is 15.2. The maximum Gasteiger partial charge on any atom is 0.249 e. The first-order valence-corrected chi connectivity index (χ1v) is 9.40. The van der Waals surface area contributed by atoms with Crippen LogP contribution in [0.2, 0.25) is 0 Å². The van der Waals surface area contributed by atoms with Crippen molar-refractivity contribution >= 4 is 17.7 Å². The highest BCUT2D eigenvalue weighted by molar-refractivity contribution is 6.02. The summed E-state index contributed by atoms with van der Waals surface area (Å²) < 4.78 is 0. The Balaban J connectivity index is 0.000000467. The summed E-state index contributed by atoms with van der Waals surface area (Å²) in [7, 11) is 0. The van der Waals surface area contributed by atoms with E-state index in [1.807, 2.05) is 0 Å². The van der Waals surface area contributed by atoms with E-state index in [-0.39, 0.29) is 35.4 Å². The van der Waals surface area contributed by atoms with Gasteiger partial charge in [0.05, 0.1) is 25.4 Å². The van der Waals surface area contributed by atoms with E-state index in [1.165, 1.54) is 12.1 Å². The molecule has 1 aromatic rings. The number of aliphatic hydroxyl groups excluding tert-OH is 4. The number of amides is 3. The van der Waals surface area contributed by atoms with Crippen LogP contribution in [0.5, 0.6) is 0 Å². The number of primary amides is 2. The fourth-order valence-corrected chi connectivity index (χ4v) is 3.10. The van der Waals surface area contributed by atoms with Gasteiger partial charge in [0.25, 0.3) is 0 Å². The fraction of sp³-hybridized carbons (Fsp3) is 0.450. The van der Waals surface area contributed by atoms with Gasteiger partial charge in [-0.25, -0.2) is 0 Å². The fourth-order valence-electron chi connectivity index (χ4n) is 3.10. The minimum Gasteiger partial charge on any atom is -0.394 e. The van der Waals surface area contributed by atoms with Crippen LogP contribution < -0.4 is 11.5 Å². The number of nitrogens with zero attached hydrogens (tertiary/aromatic N) is 1. The number of hydrogen-bond donors (Lipinski definition) is 6. The van der Waals surface area contributed by atoms with Gasteiger partial charge in [-0.05, 0) is 29.8 Å². The molecule has 0 spiro atoms. The first-order chi connectivity index (χ1) is 14.2. The highest BCUT2D eigenvalue weighted by atomic mass is 16.3. The monoisotopic (exact) mass is 423 g/mol. The van der Waals surface area contributed by atoms with Gasteiger partial charge in [0.15, 0.2) is 0 Å². The van der Waals surface area contributed by atoms with Crippen LogP contribution in [0.25, 0.3) is 0 Å². The maximum atomic E-state index is 11.7. The number of carbonyl (C=O) groups excluding carboxylic acids is 3. The molecule has 1 saturated heterocycles. The van der Waals surface area contributed by atoms with Crippen molar-refractivity contribution in [3.8, 4) is 0 Å². The highest BCUT2D eigenvalue weighted by Gasteiger charge is 2.23. The van der Waals surface area contributed by atoms with Crippen molar-refractivity contribution < 1.29 is 34.8 Å². The van der Waals surface area contributed by atoms with Crippen molar-refractivity contribution in [1.82, 2.24) is 4.90 Å². The second-order valence-electron chi connectivity index (χ2n) is 6.81. The lowest BCUT2D eigenvalue weighted by Crippen LogP contribution is -2.27. The van der Waals surface area contributed by atoms with Crippen LogP contribution >= 0.6 is 0 Å². The molecule has 1 aromatic carbocycles. The molecule has 3 amide bonds. The number of likely N-dealkylation sites (tertiary alicyclic amines) is 1. The third kappa shape index (κ3) is 6.92. The summed E-state index contributed by atoms with van der Waals surface area (Å²) in [5, 5.41) is 37.0. The Morgan fingerprint density at radius 1 is 1.10 bits per heavy atom. The number of carbonyl (C=O) groups is 3. The molecular weight excluding hydrogens is 394 g/mol. The molecule has 2 rings (SSSR count). The third-order valence-corrected chi connectivity index (χ3v) is 4.56. The molecule has 10 nitrogen and oxygen atoms in total. The van der Waals surface area contributed by atoms with Crippen LogP contribution in [0.4, 0.5) is 0 Å². The molecule has 0 aliphatic carbocycles. The standard InChI is InChI=1S/C14H20N2O6.C6H9NO/c15-13(21)10-2-1-7(3-8(19)5-17)12(14(16)22)11(10)4-9(20)6-18;1-2-7-5-3-4-6(7)8/h1-2,8-9,17-20H,3-6H2,(H2,15,21)(H2,16,22);2H,1,3-5H2. The van der Waals surface area contributed by atoms with E-state index in [2.05, 4.69) is 6.58 Å². The zero-order chi connectivity index (χ0) is 22.8. The van der Waals surface area contributed by atoms with Crippen molar-refractivity contribution in [3.63, 3.8) is 0 Å². The quantitative estimate of drug-likeness (QED) is 0.277. The van der Waals surface area contributed by atoms with Crippen molar-refractivity contribution in [1.29, 1.82) is 0 Å². The first kappa shape index (κ1) is 25.2. The summed E-state index contributed by atoms with van der Waals surface area (Å²) in [6.45, 7) is 3.28. The number of rotatable bonds is 9. The second-order valence-corrected chi connectivity index (χ2v) is 6.81. The van der Waals surface area contributed by atoms with E-state index in [1.54, 1.807) is 11.1 Å². The Morgan fingerprint density at radius 2 is 1.70 bits per heavy atom. The molecule has 0 bridgehead atoms. The van der Waals surface area contributed by atoms with Gasteiger partial charge in [-0.2, -0.15) is 0 Å². The lowest BCUT2D eigenvalue weighted by Gasteiger charge is -2.18. The van der Waals surface area contributed by atoms with E-state index in [9.17, 15) is 24.6 Å². The number of aliphatic hydroxyl groups is 4. The van der Waals surface area contributed by atoms with Gasteiger partial charge < -0.3 is 36.8 Å². The van der Waals surface area contributed by atoms with Gasteiger partial charge >= 0.3 is 0 Å². The average molecular weight is 423 g/mol. The van der Waals surface area contributed by atoms with Crippen molar-refractivity contribution in [2.75, 3.05) is 19.8 Å². The predicted molar refractivity (Wildman–Crippen MR) is 108 cm³/mol. The van der Waals surface area contributed by atoms with Gasteiger partial charge in [-0.3, -0.25) is 14.4 Å². The molecular formula is C20H29N3O7. The van der Waals surface area contributed by atoms with Crippen molar-refractivity contribution in [2.24, 2.45) is 11.5 Å². The number of nitrogens with two attached hydrogens (primary N) is 2. The van der Waals surface area contributed by atoms with Gasteiger partial charge in [0.2, 0.25) is 17.7 Å². The molecule has 0 aromatic heterocycles. The zero-order valence-corrected chi connectivity index (χ0v) is 16.7. The molecule has 0 radical (unpaired) electrons. The SMILES string of the molecule is C=CN1CCCC1=O.NC(=O)c1ccc(CC(O)CO)c(C(N)=O)c1CC(O)CO. The van der Waals surface area contributed by atoms with E-state index in [0.717, 1.165) is 13.0 Å². The molecule has 30 heavy (non-hydrogen) atoms. The molecule has 8 N–H and O–H groups in total. The topological polar surface area (TPSA) is 187 Å². The molecule has 166 valence electrons. The van der Waals surface area contributed by atoms with Crippen molar-refractivity contribution in [3.05, 3.63) is 47.2 Å². The zero-order valence-electron chi connectivity index (χ0n) is 16.7. The van der Waals surface area contributed by atoms with Gasteiger partial charge in [0, 0.05) is 36.9 Å². The second kappa shape index (κ2) is 12.0. The number of hydrogen-bond acceptors (Lipinski definition) is 7. The Bertz CT molecular complexity index is 782. The lowest BCUT2D eigenvalue weighted by molar-refractivity contribution is -0.125. The highest BCUT2D eigenvalue weighted by Crippen LogP contribution is 2.22. The molecule has 2 unspecified atom stereocenters. The molecule has 2 atom stereocenters. The molecule has 10 heteroatoms. The van der Waals surface area contributed by atoms with Crippen LogP contribution in [-0.4, -0.2) is 75.0 Å². The van der Waals surface area contributed by atoms with E-state index in [4.69, 9.17) is 21.7 Å². The van der Waals surface area contributed by atoms with Crippen LogP contribution in [0.15, 0.2) is 24.9 Å². The Morgan fingerprint density at radius 3 is 2.10 bits per heavy atom. The minimum absolute atomic E-state index is 0.00328. The minimum atomic E-state index is -1.20. The van der Waals surface area contributed by atoms with E-state index < -0.39 is 37.2 Å². The van der Waals surface area contributed by atoms with E-state index >= 15 is 0 Å². The molecule has 1 aliphatic rings. The molecule has 0 saturated carbocycles. The summed E-state index contributed by atoms with van der Waals surface area (Å²) >= 11 is 0. The van der Waals surface area contributed by atoms with Crippen LogP contribution in [0, 0.1) is 0 Å². The Hall–Kier alpha value is -2.79. The Labute approximate surface area is 174 Å². The van der Waals surface area contributed by atoms with Gasteiger partial charge in [-0.15, -0.1) is 0 Å². The predicted octanol–water partition coefficient (Wildman–Crippen LogP) is -1.57. The Kier molecular flexibility index (Phi) is 10.1. The summed E-state index contributed by atoms with van der Waals surface area (Å²) in [6.07, 6.45) is 0.723. The summed E-state index contributed by atoms with van der Waals surface area (Å²) in [6, 6.07) is 2.77. The summed E-state index contributed by atoms with van der Waals surface area (Å²) in [5.41, 5.74) is 11.0. The van der Waals surface area contributed by atoms with Gasteiger partial charge in [0.1, 0.15) is 0 Å². The van der Waals surface area contributed by atoms with Crippen LogP contribution in [0.3, 0.4) is 0 Å². The van der Waals surface area contributed by atoms with E-state index in [0.29, 0.717) is 12.0 Å². The lowest BCUT2D eigenvalue weighted by atomic mass is 9.89. The molecule has 1 heterocycles. The molecule has 1 aliphatic heterocycles. The first-order valence-electron chi connectivity index (χ1n) is 9.40. The summed E-state index contributed by atoms with van der Waals surface area (Å²) in [5.74, 6) is -1.46. The largest absolute Gasteiger partial charge is 0.394 e. The third-order valence-electron chi connectivity index (χ3n) is 4.56. The smallest absolute Gasteiger partial charge is 0.249 e. The molecule has 1 fully saturated rings. The number of benzene rings is 1. The van der Waals surface area contributed by atoms with Gasteiger partial charge in [-0.1, -0.05) is 12.6 Å². The van der Waals surface area contributed by atoms with Crippen LogP contribution in [0.1, 0.15) is 44.7 Å². The summed E-state index contributed by atoms with van der Waals surface area (Å²) in [4.78, 5) is 35.5. The average Bonchev–Trinajstić information content (AvgIpc) is 3.12. The van der Waals surface area contributed by atoms with Crippen LogP contribution in [-0.2, 0) is 17.6 Å². The van der Waals surface area contributed by atoms with Crippen molar-refractivity contribution in [2.45, 2.75) is 37.9 Å².